The van der Waals surface area contributed by atoms with Crippen LogP contribution in [0, 0.1) is 6.92 Å². The zero-order valence-corrected chi connectivity index (χ0v) is 15.7. The van der Waals surface area contributed by atoms with Crippen LogP contribution in [0.5, 0.6) is 0 Å². The summed E-state index contributed by atoms with van der Waals surface area (Å²) in [5, 5.41) is 5.49. The van der Waals surface area contributed by atoms with Gasteiger partial charge in [-0.05, 0) is 31.2 Å². The normalized spacial score (nSPS) is 19.8. The molecular formula is C18H24N4O3S. The van der Waals surface area contributed by atoms with Crippen LogP contribution in [0.15, 0.2) is 29.2 Å². The second-order valence-corrected chi connectivity index (χ2v) is 7.68. The Kier molecular flexibility index (Phi) is 6.03. The van der Waals surface area contributed by atoms with E-state index in [1.54, 1.807) is 21.6 Å². The van der Waals surface area contributed by atoms with E-state index in [0.717, 1.165) is 12.2 Å². The zero-order valence-electron chi connectivity index (χ0n) is 14.9. The molecule has 0 radical (unpaired) electrons. The average molecular weight is 376 g/mol. The van der Waals surface area contributed by atoms with Gasteiger partial charge >= 0.3 is 6.03 Å². The summed E-state index contributed by atoms with van der Waals surface area (Å²) in [6, 6.07) is 7.67. The summed E-state index contributed by atoms with van der Waals surface area (Å²) in [6.45, 7) is 3.83. The topological polar surface area (TPSA) is 81.8 Å². The molecule has 4 amide bonds. The van der Waals surface area contributed by atoms with Gasteiger partial charge in [-0.15, -0.1) is 11.8 Å². The number of thioether (sulfide) groups is 1. The number of fused-ring (bicyclic) bond motifs is 1. The first-order chi connectivity index (χ1) is 12.5. The lowest BCUT2D eigenvalue weighted by Gasteiger charge is -2.42. The second-order valence-electron chi connectivity index (χ2n) is 6.51. The Hall–Kier alpha value is -2.22. The Morgan fingerprint density at radius 3 is 2.81 bits per heavy atom. The molecule has 2 aliphatic rings. The van der Waals surface area contributed by atoms with Crippen molar-refractivity contribution in [2.75, 3.05) is 38.5 Å². The summed E-state index contributed by atoms with van der Waals surface area (Å²) in [5.41, 5.74) is 1.25. The Bertz CT molecular complexity index is 680. The molecule has 26 heavy (non-hydrogen) atoms. The quantitative estimate of drug-likeness (QED) is 0.589. The van der Waals surface area contributed by atoms with Gasteiger partial charge in [0.1, 0.15) is 6.04 Å². The molecule has 0 aromatic heterocycles. The predicted molar refractivity (Wildman–Crippen MR) is 100 cm³/mol. The maximum atomic E-state index is 12.3. The molecule has 0 aliphatic carbocycles. The highest BCUT2D eigenvalue weighted by Gasteiger charge is 2.39. The lowest BCUT2D eigenvalue weighted by Crippen LogP contribution is -2.67. The maximum Gasteiger partial charge on any atom is 0.317 e. The number of carbonyl (C=O) groups is 3. The highest BCUT2D eigenvalue weighted by molar-refractivity contribution is 7.99. The number of piperazine rings is 2. The molecule has 2 N–H and O–H groups in total. The molecule has 0 spiro atoms. The van der Waals surface area contributed by atoms with Crippen molar-refractivity contribution < 1.29 is 14.4 Å². The minimum atomic E-state index is -0.562. The van der Waals surface area contributed by atoms with Crippen LogP contribution in [0.25, 0.3) is 0 Å². The minimum absolute atomic E-state index is 0.0557. The summed E-state index contributed by atoms with van der Waals surface area (Å²) in [6.07, 6.45) is 0.868. The number of nitrogens with zero attached hydrogens (tertiary/aromatic N) is 2. The van der Waals surface area contributed by atoms with E-state index in [1.807, 2.05) is 0 Å². The zero-order chi connectivity index (χ0) is 18.5. The van der Waals surface area contributed by atoms with Gasteiger partial charge in [0.15, 0.2) is 0 Å². The highest BCUT2D eigenvalue weighted by atomic mass is 32.2. The van der Waals surface area contributed by atoms with Gasteiger partial charge in [0.05, 0.1) is 13.1 Å². The van der Waals surface area contributed by atoms with Crippen molar-refractivity contribution in [2.45, 2.75) is 24.3 Å². The number of rotatable bonds is 5. The monoisotopic (exact) mass is 376 g/mol. The molecule has 7 nitrogen and oxygen atoms in total. The number of urea groups is 1. The fraction of sp³-hybridized carbons (Fsp3) is 0.500. The van der Waals surface area contributed by atoms with Gasteiger partial charge in [0, 0.05) is 24.5 Å². The van der Waals surface area contributed by atoms with Gasteiger partial charge in [-0.1, -0.05) is 17.7 Å². The third-order valence-corrected chi connectivity index (χ3v) is 5.69. The molecule has 140 valence electrons. The van der Waals surface area contributed by atoms with Gasteiger partial charge < -0.3 is 20.4 Å². The number of hydrogen-bond acceptors (Lipinski definition) is 4. The minimum Gasteiger partial charge on any atom is -0.345 e. The molecule has 1 atom stereocenters. The maximum absolute atomic E-state index is 12.3. The van der Waals surface area contributed by atoms with E-state index < -0.39 is 6.04 Å². The van der Waals surface area contributed by atoms with Crippen LogP contribution in [0.4, 0.5) is 4.79 Å². The van der Waals surface area contributed by atoms with E-state index in [2.05, 4.69) is 41.8 Å². The average Bonchev–Trinajstić information content (AvgIpc) is 2.65. The molecule has 0 bridgehead atoms. The van der Waals surface area contributed by atoms with E-state index in [4.69, 9.17) is 0 Å². The van der Waals surface area contributed by atoms with Crippen molar-refractivity contribution in [1.82, 2.24) is 20.4 Å². The summed E-state index contributed by atoms with van der Waals surface area (Å²) in [7, 11) is 0. The van der Waals surface area contributed by atoms with Gasteiger partial charge in [0.25, 0.3) is 0 Å². The van der Waals surface area contributed by atoms with Crippen LogP contribution >= 0.6 is 11.8 Å². The van der Waals surface area contributed by atoms with Crippen LogP contribution in [0.1, 0.15) is 12.0 Å². The predicted octanol–water partition coefficient (Wildman–Crippen LogP) is 0.829. The van der Waals surface area contributed by atoms with Crippen LogP contribution < -0.4 is 10.6 Å². The fourth-order valence-corrected chi connectivity index (χ4v) is 3.93. The Balaban J connectivity index is 1.38. The van der Waals surface area contributed by atoms with Gasteiger partial charge in [-0.3, -0.25) is 9.59 Å². The number of hydrogen-bond donors (Lipinski definition) is 2. The molecule has 2 aliphatic heterocycles. The van der Waals surface area contributed by atoms with Crippen LogP contribution in [-0.2, 0) is 9.59 Å². The molecule has 1 aromatic rings. The number of amides is 4. The van der Waals surface area contributed by atoms with Gasteiger partial charge in [0.2, 0.25) is 11.8 Å². The van der Waals surface area contributed by atoms with E-state index >= 15 is 0 Å². The number of carbonyl (C=O) groups excluding carboxylic acids is 3. The highest BCUT2D eigenvalue weighted by Crippen LogP contribution is 2.19. The van der Waals surface area contributed by atoms with E-state index in [-0.39, 0.29) is 30.9 Å². The SMILES string of the molecule is Cc1ccc(SCCCNC(=O)N2CCN3C(=O)CNC(=O)C3C2)cc1. The fourth-order valence-electron chi connectivity index (χ4n) is 3.08. The Morgan fingerprint density at radius 1 is 1.27 bits per heavy atom. The van der Waals surface area contributed by atoms with Gasteiger partial charge in [-0.2, -0.15) is 0 Å². The standard InChI is InChI=1S/C18H24N4O3S/c1-13-3-5-14(6-4-13)26-10-2-7-19-18(25)21-8-9-22-15(12-21)17(24)20-11-16(22)23/h3-6,15H,2,7-12H2,1H3,(H,19,25)(H,20,24). The lowest BCUT2D eigenvalue weighted by molar-refractivity contribution is -0.148. The Morgan fingerprint density at radius 2 is 2.04 bits per heavy atom. The second kappa shape index (κ2) is 8.44. The van der Waals surface area contributed by atoms with Crippen LogP contribution in [-0.4, -0.2) is 72.2 Å². The third kappa shape index (κ3) is 4.49. The third-order valence-electron chi connectivity index (χ3n) is 4.59. The summed E-state index contributed by atoms with van der Waals surface area (Å²) in [5.74, 6) is 0.663. The van der Waals surface area contributed by atoms with E-state index in [1.165, 1.54) is 10.5 Å². The molecule has 8 heteroatoms. The van der Waals surface area contributed by atoms with Crippen molar-refractivity contribution >= 4 is 29.6 Å². The van der Waals surface area contributed by atoms with Crippen molar-refractivity contribution in [3.05, 3.63) is 29.8 Å². The molecule has 1 unspecified atom stereocenters. The molecule has 2 fully saturated rings. The summed E-state index contributed by atoms with van der Waals surface area (Å²) < 4.78 is 0. The van der Waals surface area contributed by atoms with Crippen molar-refractivity contribution in [2.24, 2.45) is 0 Å². The lowest BCUT2D eigenvalue weighted by atomic mass is 10.1. The molecule has 3 rings (SSSR count). The van der Waals surface area contributed by atoms with Crippen LogP contribution in [0.2, 0.25) is 0 Å². The summed E-state index contributed by atoms with van der Waals surface area (Å²) in [4.78, 5) is 40.5. The van der Waals surface area contributed by atoms with Crippen molar-refractivity contribution in [3.63, 3.8) is 0 Å². The van der Waals surface area contributed by atoms with E-state index in [9.17, 15) is 14.4 Å². The molecule has 2 heterocycles. The first-order valence-electron chi connectivity index (χ1n) is 8.84. The van der Waals surface area contributed by atoms with Crippen molar-refractivity contribution in [1.29, 1.82) is 0 Å². The largest absolute Gasteiger partial charge is 0.345 e. The Labute approximate surface area is 157 Å². The first kappa shape index (κ1) is 18.6. The van der Waals surface area contributed by atoms with E-state index in [0.29, 0.717) is 19.6 Å². The molecule has 0 saturated carbocycles. The molecule has 1 aromatic carbocycles. The van der Waals surface area contributed by atoms with Crippen molar-refractivity contribution in [3.8, 4) is 0 Å². The smallest absolute Gasteiger partial charge is 0.317 e. The number of aryl methyl sites for hydroxylation is 1. The number of benzene rings is 1. The van der Waals surface area contributed by atoms with Crippen LogP contribution in [0.3, 0.4) is 0 Å². The molecule has 2 saturated heterocycles. The molecular weight excluding hydrogens is 352 g/mol. The first-order valence-corrected chi connectivity index (χ1v) is 9.82. The number of nitrogens with one attached hydrogen (secondary N) is 2. The summed E-state index contributed by atoms with van der Waals surface area (Å²) >= 11 is 1.77. The van der Waals surface area contributed by atoms with Gasteiger partial charge in [-0.25, -0.2) is 4.79 Å².